The summed E-state index contributed by atoms with van der Waals surface area (Å²) in [6.45, 7) is 1.76. The third kappa shape index (κ3) is 3.31. The molecule has 0 radical (unpaired) electrons. The maximum atomic E-state index is 12.3. The summed E-state index contributed by atoms with van der Waals surface area (Å²) >= 11 is 0. The van der Waals surface area contributed by atoms with Crippen molar-refractivity contribution in [2.24, 2.45) is 10.9 Å². The van der Waals surface area contributed by atoms with Gasteiger partial charge in [0.1, 0.15) is 5.84 Å². The number of methoxy groups -OCH3 is 1. The molecular weight excluding hydrogens is 262 g/mol. The molecule has 0 aliphatic heterocycles. The summed E-state index contributed by atoms with van der Waals surface area (Å²) in [5.41, 5.74) is 5.56. The van der Waals surface area contributed by atoms with E-state index in [2.05, 4.69) is 5.16 Å². The van der Waals surface area contributed by atoms with Crippen molar-refractivity contribution < 1.29 is 19.8 Å². The minimum atomic E-state index is -0.375. The number of phenolic OH excluding ortho intramolecular Hbond substituents is 1. The first-order chi connectivity index (χ1) is 9.42. The van der Waals surface area contributed by atoms with E-state index in [-0.39, 0.29) is 41.3 Å². The van der Waals surface area contributed by atoms with Gasteiger partial charge in [0.05, 0.1) is 12.7 Å². The van der Waals surface area contributed by atoms with Crippen molar-refractivity contribution in [2.75, 3.05) is 14.2 Å². The van der Waals surface area contributed by atoms with Crippen molar-refractivity contribution in [1.29, 1.82) is 0 Å². The van der Waals surface area contributed by atoms with Crippen molar-refractivity contribution in [3.63, 3.8) is 0 Å². The van der Waals surface area contributed by atoms with E-state index in [4.69, 9.17) is 15.7 Å². The fourth-order valence-electron chi connectivity index (χ4n) is 1.73. The Balaban J connectivity index is 2.95. The molecule has 1 amide bonds. The van der Waals surface area contributed by atoms with E-state index in [1.807, 2.05) is 0 Å². The molecule has 0 fully saturated rings. The number of para-hydroxylation sites is 1. The Morgan fingerprint density at radius 2 is 2.20 bits per heavy atom. The summed E-state index contributed by atoms with van der Waals surface area (Å²) in [6.07, 6.45) is 0.226. The van der Waals surface area contributed by atoms with Gasteiger partial charge in [-0.1, -0.05) is 11.2 Å². The molecule has 0 bridgehead atoms. The number of phenols is 1. The highest BCUT2D eigenvalue weighted by Crippen LogP contribution is 2.30. The molecule has 1 rings (SSSR count). The van der Waals surface area contributed by atoms with Crippen LogP contribution >= 0.6 is 0 Å². The van der Waals surface area contributed by atoms with Crippen molar-refractivity contribution >= 4 is 11.7 Å². The van der Waals surface area contributed by atoms with Crippen LogP contribution in [0.15, 0.2) is 23.4 Å². The normalized spacial score (nSPS) is 12.8. The van der Waals surface area contributed by atoms with E-state index in [9.17, 15) is 9.90 Å². The average molecular weight is 281 g/mol. The highest BCUT2D eigenvalue weighted by Gasteiger charge is 2.22. The highest BCUT2D eigenvalue weighted by atomic mass is 16.5. The van der Waals surface area contributed by atoms with Crippen molar-refractivity contribution in [2.45, 2.75) is 19.4 Å². The van der Waals surface area contributed by atoms with Gasteiger partial charge in [0.15, 0.2) is 11.5 Å². The lowest BCUT2D eigenvalue weighted by molar-refractivity contribution is 0.0743. The van der Waals surface area contributed by atoms with Gasteiger partial charge < -0.3 is 25.7 Å². The first-order valence-electron chi connectivity index (χ1n) is 6.01. The molecule has 0 aliphatic carbocycles. The number of amidine groups is 1. The Kier molecular flexibility index (Phi) is 5.19. The molecule has 0 aromatic heterocycles. The minimum absolute atomic E-state index is 0.0343. The van der Waals surface area contributed by atoms with Crippen LogP contribution < -0.4 is 10.5 Å². The molecule has 110 valence electrons. The monoisotopic (exact) mass is 281 g/mol. The molecule has 4 N–H and O–H groups in total. The first-order valence-corrected chi connectivity index (χ1v) is 6.01. The van der Waals surface area contributed by atoms with Crippen LogP contribution in [0.4, 0.5) is 0 Å². The number of hydrogen-bond acceptors (Lipinski definition) is 5. The van der Waals surface area contributed by atoms with Crippen molar-refractivity contribution in [1.82, 2.24) is 4.90 Å². The van der Waals surface area contributed by atoms with Gasteiger partial charge in [-0.25, -0.2) is 0 Å². The van der Waals surface area contributed by atoms with E-state index in [0.717, 1.165) is 0 Å². The zero-order valence-corrected chi connectivity index (χ0v) is 11.7. The van der Waals surface area contributed by atoms with Gasteiger partial charge in [-0.2, -0.15) is 0 Å². The van der Waals surface area contributed by atoms with E-state index in [0.29, 0.717) is 0 Å². The molecule has 0 spiro atoms. The molecule has 0 saturated carbocycles. The lowest BCUT2D eigenvalue weighted by atomic mass is 10.1. The molecule has 0 saturated heterocycles. The van der Waals surface area contributed by atoms with Gasteiger partial charge in [-0.05, 0) is 19.1 Å². The average Bonchev–Trinajstić information content (AvgIpc) is 2.45. The van der Waals surface area contributed by atoms with Crippen LogP contribution in [0, 0.1) is 0 Å². The summed E-state index contributed by atoms with van der Waals surface area (Å²) in [4.78, 5) is 13.7. The molecule has 1 aromatic rings. The van der Waals surface area contributed by atoms with Crippen LogP contribution in [0.1, 0.15) is 23.7 Å². The Morgan fingerprint density at radius 3 is 2.75 bits per heavy atom. The number of oxime groups is 1. The summed E-state index contributed by atoms with van der Waals surface area (Å²) in [5, 5.41) is 21.4. The molecule has 0 heterocycles. The van der Waals surface area contributed by atoms with Crippen molar-refractivity contribution in [3.05, 3.63) is 23.8 Å². The van der Waals surface area contributed by atoms with Crippen LogP contribution in [-0.4, -0.2) is 47.2 Å². The van der Waals surface area contributed by atoms with Crippen LogP contribution in [-0.2, 0) is 0 Å². The van der Waals surface area contributed by atoms with Crippen LogP contribution in [0.5, 0.6) is 11.5 Å². The fourth-order valence-corrected chi connectivity index (χ4v) is 1.73. The maximum Gasteiger partial charge on any atom is 0.257 e. The van der Waals surface area contributed by atoms with E-state index < -0.39 is 0 Å². The SMILES string of the molecule is COc1cccc(C(=O)N(C)C(C)CC(N)=NO)c1O. The van der Waals surface area contributed by atoms with Gasteiger partial charge in [0.2, 0.25) is 0 Å². The topological polar surface area (TPSA) is 108 Å². The maximum absolute atomic E-state index is 12.3. The third-order valence-electron chi connectivity index (χ3n) is 3.06. The highest BCUT2D eigenvalue weighted by molar-refractivity contribution is 5.98. The predicted octanol–water partition coefficient (Wildman–Crippen LogP) is 0.998. The van der Waals surface area contributed by atoms with Crippen molar-refractivity contribution in [3.8, 4) is 11.5 Å². The molecule has 20 heavy (non-hydrogen) atoms. The second-order valence-electron chi connectivity index (χ2n) is 4.42. The van der Waals surface area contributed by atoms with Gasteiger partial charge >= 0.3 is 0 Å². The largest absolute Gasteiger partial charge is 0.504 e. The quantitative estimate of drug-likeness (QED) is 0.323. The van der Waals surface area contributed by atoms with E-state index in [1.165, 1.54) is 18.1 Å². The minimum Gasteiger partial charge on any atom is -0.504 e. The number of carbonyl (C=O) groups is 1. The molecule has 1 atom stereocenters. The lowest BCUT2D eigenvalue weighted by Crippen LogP contribution is -2.37. The smallest absolute Gasteiger partial charge is 0.257 e. The Labute approximate surface area is 117 Å². The summed E-state index contributed by atoms with van der Waals surface area (Å²) in [7, 11) is 2.99. The standard InChI is InChI=1S/C13H19N3O4/c1-8(7-11(14)15-19)16(2)13(18)9-5-4-6-10(20-3)12(9)17/h4-6,8,17,19H,7H2,1-3H3,(H2,14,15). The third-order valence-corrected chi connectivity index (χ3v) is 3.06. The molecule has 1 unspecified atom stereocenters. The number of hydrogen-bond donors (Lipinski definition) is 3. The lowest BCUT2D eigenvalue weighted by Gasteiger charge is -2.25. The van der Waals surface area contributed by atoms with Gasteiger partial charge in [-0.15, -0.1) is 0 Å². The molecule has 7 nitrogen and oxygen atoms in total. The van der Waals surface area contributed by atoms with Gasteiger partial charge in [-0.3, -0.25) is 4.79 Å². The number of rotatable bonds is 5. The van der Waals surface area contributed by atoms with Crippen LogP contribution in [0.25, 0.3) is 0 Å². The molecule has 0 aliphatic rings. The Hall–Kier alpha value is -2.44. The summed E-state index contributed by atoms with van der Waals surface area (Å²) in [5.74, 6) is -0.317. The fraction of sp³-hybridized carbons (Fsp3) is 0.385. The zero-order valence-electron chi connectivity index (χ0n) is 11.7. The number of carbonyl (C=O) groups excluding carboxylic acids is 1. The Bertz CT molecular complexity index is 516. The molecular formula is C13H19N3O4. The first kappa shape index (κ1) is 15.6. The predicted molar refractivity (Wildman–Crippen MR) is 74.2 cm³/mol. The second kappa shape index (κ2) is 6.65. The number of nitrogens with zero attached hydrogens (tertiary/aromatic N) is 2. The van der Waals surface area contributed by atoms with Crippen LogP contribution in [0.2, 0.25) is 0 Å². The van der Waals surface area contributed by atoms with E-state index in [1.54, 1.807) is 26.1 Å². The van der Waals surface area contributed by atoms with E-state index >= 15 is 0 Å². The number of ether oxygens (including phenoxy) is 1. The van der Waals surface area contributed by atoms with Gasteiger partial charge in [0, 0.05) is 19.5 Å². The number of nitrogens with two attached hydrogens (primary N) is 1. The number of amides is 1. The number of aromatic hydroxyl groups is 1. The molecule has 1 aromatic carbocycles. The second-order valence-corrected chi connectivity index (χ2v) is 4.42. The Morgan fingerprint density at radius 1 is 1.55 bits per heavy atom. The molecule has 7 heteroatoms. The summed E-state index contributed by atoms with van der Waals surface area (Å²) in [6, 6.07) is 4.40. The zero-order chi connectivity index (χ0) is 15.3. The van der Waals surface area contributed by atoms with Gasteiger partial charge in [0.25, 0.3) is 5.91 Å². The van der Waals surface area contributed by atoms with Crippen LogP contribution in [0.3, 0.4) is 0 Å². The number of benzene rings is 1. The summed E-state index contributed by atoms with van der Waals surface area (Å²) < 4.78 is 4.97.